The van der Waals surface area contributed by atoms with Crippen molar-refractivity contribution in [3.8, 4) is 0 Å². The van der Waals surface area contributed by atoms with E-state index in [1.165, 1.54) is 5.56 Å². The molecule has 142 valence electrons. The topological polar surface area (TPSA) is 62.6 Å². The number of hydrogen-bond donors (Lipinski definition) is 1. The number of carbonyl (C=O) groups excluding carboxylic acids is 2. The van der Waals surface area contributed by atoms with Gasteiger partial charge in [0.2, 0.25) is 11.8 Å². The molecular weight excluding hydrogens is 340 g/mol. The molecule has 1 aliphatic heterocycles. The summed E-state index contributed by atoms with van der Waals surface area (Å²) in [5, 5.41) is 2.95. The van der Waals surface area contributed by atoms with Crippen LogP contribution in [0.3, 0.4) is 0 Å². The van der Waals surface area contributed by atoms with E-state index in [0.717, 1.165) is 56.5 Å². The van der Waals surface area contributed by atoms with Gasteiger partial charge < -0.3 is 14.6 Å². The minimum atomic E-state index is -0.00217. The van der Waals surface area contributed by atoms with Gasteiger partial charge in [0.1, 0.15) is 5.76 Å². The van der Waals surface area contributed by atoms with Crippen LogP contribution >= 0.6 is 0 Å². The largest absolute Gasteiger partial charge is 0.467 e. The smallest absolute Gasteiger partial charge is 0.230 e. The van der Waals surface area contributed by atoms with Crippen LogP contribution < -0.4 is 10.2 Å². The summed E-state index contributed by atoms with van der Waals surface area (Å²) in [4.78, 5) is 27.4. The molecule has 2 aliphatic rings. The molecule has 1 aliphatic carbocycles. The zero-order valence-electron chi connectivity index (χ0n) is 15.5. The van der Waals surface area contributed by atoms with Crippen molar-refractivity contribution >= 4 is 17.5 Å². The zero-order valence-corrected chi connectivity index (χ0v) is 15.5. The number of carbonyl (C=O) groups is 2. The van der Waals surface area contributed by atoms with E-state index in [0.29, 0.717) is 6.54 Å². The van der Waals surface area contributed by atoms with Gasteiger partial charge in [0.15, 0.2) is 0 Å². The summed E-state index contributed by atoms with van der Waals surface area (Å²) in [5.41, 5.74) is 2.34. The SMILES string of the molecule is O=C(NCc1ccco1)C1CCC(C(=O)N2CCCc3ccccc32)CC1. The van der Waals surface area contributed by atoms with Gasteiger partial charge in [-0.05, 0) is 62.3 Å². The first-order valence-electron chi connectivity index (χ1n) is 9.92. The van der Waals surface area contributed by atoms with Crippen molar-refractivity contribution in [1.82, 2.24) is 5.32 Å². The third-order valence-electron chi connectivity index (χ3n) is 5.84. The number of amides is 2. The maximum Gasteiger partial charge on any atom is 0.230 e. The van der Waals surface area contributed by atoms with E-state index in [2.05, 4.69) is 17.4 Å². The highest BCUT2D eigenvalue weighted by Gasteiger charge is 2.33. The van der Waals surface area contributed by atoms with Crippen LogP contribution in [0.1, 0.15) is 43.4 Å². The molecular formula is C22H26N2O3. The fourth-order valence-corrected chi connectivity index (χ4v) is 4.32. The summed E-state index contributed by atoms with van der Waals surface area (Å²) in [6, 6.07) is 11.9. The molecule has 5 nitrogen and oxygen atoms in total. The van der Waals surface area contributed by atoms with Crippen molar-refractivity contribution in [3.63, 3.8) is 0 Å². The highest BCUT2D eigenvalue weighted by molar-refractivity contribution is 5.96. The Morgan fingerprint density at radius 1 is 1.04 bits per heavy atom. The maximum atomic E-state index is 13.1. The number of anilines is 1. The van der Waals surface area contributed by atoms with Gasteiger partial charge in [-0.1, -0.05) is 18.2 Å². The lowest BCUT2D eigenvalue weighted by Crippen LogP contribution is -2.42. The highest BCUT2D eigenvalue weighted by atomic mass is 16.3. The lowest BCUT2D eigenvalue weighted by atomic mass is 9.80. The molecule has 0 bridgehead atoms. The second-order valence-corrected chi connectivity index (χ2v) is 7.57. The Kier molecular flexibility index (Phi) is 5.28. The van der Waals surface area contributed by atoms with Crippen LogP contribution in [0.25, 0.3) is 0 Å². The van der Waals surface area contributed by atoms with Gasteiger partial charge in [-0.3, -0.25) is 9.59 Å². The van der Waals surface area contributed by atoms with Gasteiger partial charge in [0, 0.05) is 24.1 Å². The number of aryl methyl sites for hydroxylation is 1. The lowest BCUT2D eigenvalue weighted by Gasteiger charge is -2.34. The lowest BCUT2D eigenvalue weighted by molar-refractivity contribution is -0.129. The average molecular weight is 366 g/mol. The molecule has 5 heteroatoms. The molecule has 1 N–H and O–H groups in total. The Morgan fingerprint density at radius 2 is 1.81 bits per heavy atom. The molecule has 0 radical (unpaired) electrons. The molecule has 0 saturated heterocycles. The molecule has 0 atom stereocenters. The maximum absolute atomic E-state index is 13.1. The average Bonchev–Trinajstić information content (AvgIpc) is 3.25. The third kappa shape index (κ3) is 3.92. The van der Waals surface area contributed by atoms with Crippen molar-refractivity contribution in [2.24, 2.45) is 11.8 Å². The molecule has 2 amide bonds. The van der Waals surface area contributed by atoms with Crippen LogP contribution in [0.15, 0.2) is 47.1 Å². The normalized spacial score (nSPS) is 22.1. The van der Waals surface area contributed by atoms with Crippen molar-refractivity contribution < 1.29 is 14.0 Å². The first kappa shape index (κ1) is 17.8. The fraction of sp³-hybridized carbons (Fsp3) is 0.455. The number of hydrogen-bond acceptors (Lipinski definition) is 3. The van der Waals surface area contributed by atoms with E-state index in [4.69, 9.17) is 4.42 Å². The fourth-order valence-electron chi connectivity index (χ4n) is 4.32. The first-order valence-corrected chi connectivity index (χ1v) is 9.92. The van der Waals surface area contributed by atoms with Crippen molar-refractivity contribution in [3.05, 3.63) is 54.0 Å². The van der Waals surface area contributed by atoms with Crippen molar-refractivity contribution in [1.29, 1.82) is 0 Å². The molecule has 2 heterocycles. The molecule has 0 unspecified atom stereocenters. The second-order valence-electron chi connectivity index (χ2n) is 7.57. The third-order valence-corrected chi connectivity index (χ3v) is 5.84. The standard InChI is InChI=1S/C22H26N2O3/c25-21(23-15-19-7-4-14-27-19)17-9-11-18(12-10-17)22(26)24-13-3-6-16-5-1-2-8-20(16)24/h1-2,4-5,7-8,14,17-18H,3,6,9-13,15H2,(H,23,25). The van der Waals surface area contributed by atoms with Crippen LogP contribution in [0.5, 0.6) is 0 Å². The molecule has 2 aromatic rings. The number of nitrogens with one attached hydrogen (secondary N) is 1. The summed E-state index contributed by atoms with van der Waals surface area (Å²) in [7, 11) is 0. The monoisotopic (exact) mass is 366 g/mol. The summed E-state index contributed by atoms with van der Waals surface area (Å²) >= 11 is 0. The molecule has 0 spiro atoms. The second kappa shape index (κ2) is 7.99. The Labute approximate surface area is 159 Å². The van der Waals surface area contributed by atoms with Gasteiger partial charge in [0.05, 0.1) is 12.8 Å². The number of furan rings is 1. The predicted octanol–water partition coefficient (Wildman–Crippen LogP) is 3.68. The Hall–Kier alpha value is -2.56. The Bertz CT molecular complexity index is 792. The van der Waals surface area contributed by atoms with E-state index in [1.54, 1.807) is 6.26 Å². The minimum absolute atomic E-state index is 0.00217. The van der Waals surface area contributed by atoms with E-state index >= 15 is 0 Å². The van der Waals surface area contributed by atoms with Gasteiger partial charge in [-0.15, -0.1) is 0 Å². The molecule has 27 heavy (non-hydrogen) atoms. The predicted molar refractivity (Wildman–Crippen MR) is 103 cm³/mol. The zero-order chi connectivity index (χ0) is 18.6. The first-order chi connectivity index (χ1) is 13.2. The van der Waals surface area contributed by atoms with Crippen molar-refractivity contribution in [2.45, 2.75) is 45.1 Å². The number of fused-ring (bicyclic) bond motifs is 1. The van der Waals surface area contributed by atoms with E-state index < -0.39 is 0 Å². The van der Waals surface area contributed by atoms with Crippen LogP contribution in [0, 0.1) is 11.8 Å². The summed E-state index contributed by atoms with van der Waals surface area (Å²) in [6.45, 7) is 1.23. The minimum Gasteiger partial charge on any atom is -0.467 e. The summed E-state index contributed by atoms with van der Waals surface area (Å²) < 4.78 is 5.25. The van der Waals surface area contributed by atoms with Crippen LogP contribution in [0.4, 0.5) is 5.69 Å². The van der Waals surface area contributed by atoms with Gasteiger partial charge in [-0.25, -0.2) is 0 Å². The molecule has 1 saturated carbocycles. The summed E-state index contributed by atoms with van der Waals surface area (Å²) in [5.74, 6) is 1.09. The Morgan fingerprint density at radius 3 is 2.59 bits per heavy atom. The summed E-state index contributed by atoms with van der Waals surface area (Å²) in [6.07, 6.45) is 6.80. The number of para-hydroxylation sites is 1. The molecule has 1 fully saturated rings. The van der Waals surface area contributed by atoms with Gasteiger partial charge in [0.25, 0.3) is 0 Å². The molecule has 4 rings (SSSR count). The molecule has 1 aromatic heterocycles. The van der Waals surface area contributed by atoms with E-state index in [-0.39, 0.29) is 23.7 Å². The van der Waals surface area contributed by atoms with E-state index in [1.807, 2.05) is 29.2 Å². The van der Waals surface area contributed by atoms with E-state index in [9.17, 15) is 9.59 Å². The number of benzene rings is 1. The quantitative estimate of drug-likeness (QED) is 0.898. The number of rotatable bonds is 4. The van der Waals surface area contributed by atoms with Gasteiger partial charge in [-0.2, -0.15) is 0 Å². The number of nitrogens with zero attached hydrogens (tertiary/aromatic N) is 1. The van der Waals surface area contributed by atoms with Crippen molar-refractivity contribution in [2.75, 3.05) is 11.4 Å². The molecule has 1 aromatic carbocycles. The van der Waals surface area contributed by atoms with Crippen LogP contribution in [-0.4, -0.2) is 18.4 Å². The highest BCUT2D eigenvalue weighted by Crippen LogP contribution is 2.34. The Balaban J connectivity index is 1.31. The van der Waals surface area contributed by atoms with Gasteiger partial charge >= 0.3 is 0 Å². The van der Waals surface area contributed by atoms with Crippen LogP contribution in [0.2, 0.25) is 0 Å². The van der Waals surface area contributed by atoms with Crippen LogP contribution in [-0.2, 0) is 22.6 Å².